The molecule has 0 fully saturated rings. The van der Waals surface area contributed by atoms with Gasteiger partial charge in [0, 0.05) is 14.5 Å². The Kier molecular flexibility index (Phi) is 3.49. The van der Waals surface area contributed by atoms with Crippen LogP contribution in [0.15, 0.2) is 13.4 Å². The molecule has 1 aromatic rings. The fourth-order valence-electron chi connectivity index (χ4n) is 0.730. The summed E-state index contributed by atoms with van der Waals surface area (Å²) in [5.41, 5.74) is 0.718. The van der Waals surface area contributed by atoms with Gasteiger partial charge < -0.3 is 5.11 Å². The van der Waals surface area contributed by atoms with E-state index in [2.05, 4.69) is 47.8 Å². The lowest BCUT2D eigenvalue weighted by Crippen LogP contribution is -1.83. The summed E-state index contributed by atoms with van der Waals surface area (Å²) in [5, 5.41) is 9.80. The first-order valence-electron chi connectivity index (χ1n) is 2.98. The van der Waals surface area contributed by atoms with Gasteiger partial charge in [-0.3, -0.25) is 0 Å². The largest absolute Gasteiger partial charge is 0.506 e. The number of benzene rings is 1. The molecule has 0 aromatic heterocycles. The highest BCUT2D eigenvalue weighted by atomic mass is 79.9. The van der Waals surface area contributed by atoms with Gasteiger partial charge in [-0.05, 0) is 54.7 Å². The summed E-state index contributed by atoms with van der Waals surface area (Å²) in [5.74, 6) is 0.0959. The second-order valence-corrected chi connectivity index (χ2v) is 4.99. The van der Waals surface area contributed by atoms with E-state index in [1.807, 2.05) is 0 Å². The van der Waals surface area contributed by atoms with E-state index in [0.717, 1.165) is 14.5 Å². The standard InChI is InChI=1S/C7H4Br3ClO/c1-2-3(8)4(9)5(10)6(11)7(2)12/h12H,1H3. The van der Waals surface area contributed by atoms with Crippen LogP contribution in [-0.2, 0) is 0 Å². The summed E-state index contributed by atoms with van der Waals surface area (Å²) < 4.78 is 2.26. The molecular formula is C7H4Br3ClO. The van der Waals surface area contributed by atoms with Crippen molar-refractivity contribution >= 4 is 59.4 Å². The average molecular weight is 379 g/mol. The molecule has 0 radical (unpaired) electrons. The third-order valence-electron chi connectivity index (χ3n) is 1.47. The van der Waals surface area contributed by atoms with Gasteiger partial charge in [-0.2, -0.15) is 0 Å². The third-order valence-corrected chi connectivity index (χ3v) is 5.71. The molecule has 0 heterocycles. The first-order valence-corrected chi connectivity index (χ1v) is 5.74. The van der Waals surface area contributed by atoms with Gasteiger partial charge in [0.15, 0.2) is 0 Å². The highest BCUT2D eigenvalue weighted by Crippen LogP contribution is 2.44. The Morgan fingerprint density at radius 2 is 1.58 bits per heavy atom. The molecule has 66 valence electrons. The summed E-state index contributed by atoms with van der Waals surface area (Å²) in [4.78, 5) is 0. The molecule has 0 aliphatic heterocycles. The Labute approximate surface area is 100 Å². The van der Waals surface area contributed by atoms with Crippen molar-refractivity contribution in [1.82, 2.24) is 0 Å². The number of phenols is 1. The van der Waals surface area contributed by atoms with Gasteiger partial charge in [0.1, 0.15) is 5.75 Å². The quantitative estimate of drug-likeness (QED) is 0.514. The third kappa shape index (κ3) is 1.67. The number of aromatic hydroxyl groups is 1. The molecule has 12 heavy (non-hydrogen) atoms. The van der Waals surface area contributed by atoms with Crippen LogP contribution >= 0.6 is 59.4 Å². The Morgan fingerprint density at radius 1 is 1.08 bits per heavy atom. The van der Waals surface area contributed by atoms with Gasteiger partial charge in [-0.1, -0.05) is 11.6 Å². The lowest BCUT2D eigenvalue weighted by molar-refractivity contribution is 0.470. The maximum atomic E-state index is 9.48. The molecule has 1 nitrogen and oxygen atoms in total. The Hall–Kier alpha value is 0.750. The van der Waals surface area contributed by atoms with E-state index in [1.54, 1.807) is 6.92 Å². The second-order valence-electron chi connectivity index (χ2n) is 2.23. The maximum absolute atomic E-state index is 9.48. The molecule has 0 atom stereocenters. The lowest BCUT2D eigenvalue weighted by Gasteiger charge is -2.08. The first-order chi connectivity index (χ1) is 5.46. The minimum atomic E-state index is 0.0959. The first kappa shape index (κ1) is 10.8. The van der Waals surface area contributed by atoms with Gasteiger partial charge in [0.2, 0.25) is 0 Å². The fraction of sp³-hybridized carbons (Fsp3) is 0.143. The number of halogens is 4. The highest BCUT2D eigenvalue weighted by molar-refractivity contribution is 9.14. The molecular weight excluding hydrogens is 375 g/mol. The van der Waals surface area contributed by atoms with E-state index in [9.17, 15) is 5.11 Å². The van der Waals surface area contributed by atoms with Crippen molar-refractivity contribution < 1.29 is 5.11 Å². The Balaban J connectivity index is 3.60. The van der Waals surface area contributed by atoms with Crippen LogP contribution in [0.2, 0.25) is 5.02 Å². The summed E-state index contributed by atoms with van der Waals surface area (Å²) in [6.45, 7) is 1.78. The molecule has 0 saturated heterocycles. The zero-order chi connectivity index (χ0) is 9.46. The SMILES string of the molecule is Cc1c(O)c(Cl)c(Br)c(Br)c1Br. The van der Waals surface area contributed by atoms with Crippen molar-refractivity contribution in [1.29, 1.82) is 0 Å². The van der Waals surface area contributed by atoms with Crippen LogP contribution < -0.4 is 0 Å². The van der Waals surface area contributed by atoms with E-state index in [4.69, 9.17) is 11.6 Å². The van der Waals surface area contributed by atoms with Crippen molar-refractivity contribution in [3.05, 3.63) is 24.0 Å². The van der Waals surface area contributed by atoms with E-state index in [1.165, 1.54) is 0 Å². The van der Waals surface area contributed by atoms with Gasteiger partial charge in [-0.15, -0.1) is 0 Å². The smallest absolute Gasteiger partial charge is 0.139 e. The molecule has 0 bridgehead atoms. The second kappa shape index (κ2) is 3.86. The molecule has 0 spiro atoms. The highest BCUT2D eigenvalue weighted by Gasteiger charge is 2.15. The molecule has 1 N–H and O–H groups in total. The van der Waals surface area contributed by atoms with Crippen LogP contribution in [0, 0.1) is 6.92 Å². The molecule has 0 amide bonds. The van der Waals surface area contributed by atoms with E-state index < -0.39 is 0 Å². The van der Waals surface area contributed by atoms with Gasteiger partial charge in [0.25, 0.3) is 0 Å². The minimum absolute atomic E-state index is 0.0959. The van der Waals surface area contributed by atoms with Crippen LogP contribution in [-0.4, -0.2) is 5.11 Å². The summed E-state index contributed by atoms with van der Waals surface area (Å²) >= 11 is 15.7. The summed E-state index contributed by atoms with van der Waals surface area (Å²) in [6, 6.07) is 0. The van der Waals surface area contributed by atoms with Gasteiger partial charge >= 0.3 is 0 Å². The molecule has 0 unspecified atom stereocenters. The van der Waals surface area contributed by atoms with Crippen LogP contribution in [0.1, 0.15) is 5.56 Å². The predicted octanol–water partition coefficient (Wildman–Crippen LogP) is 4.64. The topological polar surface area (TPSA) is 20.2 Å². The monoisotopic (exact) mass is 376 g/mol. The van der Waals surface area contributed by atoms with Crippen molar-refractivity contribution in [2.75, 3.05) is 0 Å². The molecule has 0 aliphatic rings. The lowest BCUT2D eigenvalue weighted by atomic mass is 10.2. The summed E-state index contributed by atoms with van der Waals surface area (Å²) in [6.07, 6.45) is 0. The fourth-order valence-corrected chi connectivity index (χ4v) is 2.61. The predicted molar refractivity (Wildman–Crippen MR) is 61.0 cm³/mol. The van der Waals surface area contributed by atoms with Gasteiger partial charge in [-0.25, -0.2) is 0 Å². The van der Waals surface area contributed by atoms with Crippen molar-refractivity contribution in [3.63, 3.8) is 0 Å². The van der Waals surface area contributed by atoms with Crippen LogP contribution in [0.25, 0.3) is 0 Å². The minimum Gasteiger partial charge on any atom is -0.506 e. The average Bonchev–Trinajstić information content (AvgIpc) is 2.08. The maximum Gasteiger partial charge on any atom is 0.139 e. The summed E-state index contributed by atoms with van der Waals surface area (Å²) in [7, 11) is 0. The molecule has 0 aliphatic carbocycles. The zero-order valence-corrected chi connectivity index (χ0v) is 11.5. The van der Waals surface area contributed by atoms with Crippen LogP contribution in [0.4, 0.5) is 0 Å². The van der Waals surface area contributed by atoms with Crippen molar-refractivity contribution in [3.8, 4) is 5.75 Å². The van der Waals surface area contributed by atoms with Crippen LogP contribution in [0.3, 0.4) is 0 Å². The number of hydrogen-bond donors (Lipinski definition) is 1. The molecule has 5 heteroatoms. The normalized spacial score (nSPS) is 10.4. The number of rotatable bonds is 0. The Bertz CT molecular complexity index is 233. The Morgan fingerprint density at radius 3 is 2.08 bits per heavy atom. The van der Waals surface area contributed by atoms with Gasteiger partial charge in [0.05, 0.1) is 9.50 Å². The van der Waals surface area contributed by atoms with Crippen molar-refractivity contribution in [2.24, 2.45) is 0 Å². The molecule has 0 saturated carbocycles. The van der Waals surface area contributed by atoms with E-state index in [-0.39, 0.29) is 5.75 Å². The van der Waals surface area contributed by atoms with Crippen molar-refractivity contribution in [2.45, 2.75) is 6.92 Å². The number of phenolic OH excluding ortho intramolecular Hbond substituents is 1. The van der Waals surface area contributed by atoms with E-state index >= 15 is 0 Å². The zero-order valence-electron chi connectivity index (χ0n) is 5.96. The van der Waals surface area contributed by atoms with Crippen LogP contribution in [0.5, 0.6) is 5.75 Å². The molecule has 1 rings (SSSR count). The number of hydrogen-bond acceptors (Lipinski definition) is 1. The van der Waals surface area contributed by atoms with E-state index in [0.29, 0.717) is 9.50 Å². The molecule has 1 aromatic carbocycles.